The Morgan fingerprint density at radius 2 is 1.71 bits per heavy atom. The highest BCUT2D eigenvalue weighted by atomic mass is 14.8. The summed E-state index contributed by atoms with van der Waals surface area (Å²) in [7, 11) is 2.01. The number of benzene rings is 1. The largest absolute Gasteiger partial charge is 0.388 e. The van der Waals surface area contributed by atoms with E-state index in [1.165, 1.54) is 29.7 Å². The van der Waals surface area contributed by atoms with Crippen molar-refractivity contribution in [1.29, 1.82) is 0 Å². The normalized spacial score (nSPS) is 11.9. The molecule has 1 heteroatoms. The van der Waals surface area contributed by atoms with E-state index in [0.29, 0.717) is 5.92 Å². The van der Waals surface area contributed by atoms with Gasteiger partial charge in [-0.25, -0.2) is 0 Å². The van der Waals surface area contributed by atoms with Gasteiger partial charge in [0.05, 0.1) is 0 Å². The van der Waals surface area contributed by atoms with Crippen LogP contribution >= 0.6 is 0 Å². The second-order valence-electron chi connectivity index (χ2n) is 5.82. The summed E-state index contributed by atoms with van der Waals surface area (Å²) in [6.07, 6.45) is 2.41. The Morgan fingerprint density at radius 1 is 1.12 bits per heavy atom. The Labute approximate surface area is 107 Å². The molecule has 1 N–H and O–H groups in total. The highest BCUT2D eigenvalue weighted by Crippen LogP contribution is 2.33. The summed E-state index contributed by atoms with van der Waals surface area (Å²) in [5.41, 5.74) is 4.42. The van der Waals surface area contributed by atoms with E-state index >= 15 is 0 Å². The monoisotopic (exact) mass is 233 g/mol. The quantitative estimate of drug-likeness (QED) is 0.777. The maximum atomic E-state index is 3.32. The van der Waals surface area contributed by atoms with Gasteiger partial charge in [0.25, 0.3) is 0 Å². The van der Waals surface area contributed by atoms with Crippen molar-refractivity contribution in [3.8, 4) is 0 Å². The molecule has 1 nitrogen and oxygen atoms in total. The lowest BCUT2D eigenvalue weighted by Crippen LogP contribution is -2.13. The zero-order valence-electron chi connectivity index (χ0n) is 12.2. The van der Waals surface area contributed by atoms with Crippen LogP contribution in [0, 0.1) is 0 Å². The van der Waals surface area contributed by atoms with Crippen LogP contribution in [-0.4, -0.2) is 7.05 Å². The standard InChI is InChI=1S/C16H27N/c1-7-12(8-2)14-11-13(16(3,4)5)9-10-15(14)17-6/h9-12,17H,7-8H2,1-6H3. The molecular weight excluding hydrogens is 206 g/mol. The molecule has 96 valence electrons. The molecule has 0 saturated heterocycles. The zero-order chi connectivity index (χ0) is 13.1. The minimum atomic E-state index is 0.229. The van der Waals surface area contributed by atoms with Crippen LogP contribution in [-0.2, 0) is 5.41 Å². The first-order valence-corrected chi connectivity index (χ1v) is 6.76. The van der Waals surface area contributed by atoms with E-state index in [0.717, 1.165) is 0 Å². The lowest BCUT2D eigenvalue weighted by molar-refractivity contribution is 0.584. The maximum Gasteiger partial charge on any atom is 0.0373 e. The molecular formula is C16H27N. The number of nitrogens with one attached hydrogen (secondary N) is 1. The van der Waals surface area contributed by atoms with E-state index in [1.54, 1.807) is 0 Å². The Balaban J connectivity index is 3.24. The van der Waals surface area contributed by atoms with Crippen LogP contribution in [0.25, 0.3) is 0 Å². The summed E-state index contributed by atoms with van der Waals surface area (Å²) in [6, 6.07) is 6.87. The van der Waals surface area contributed by atoms with Crippen LogP contribution in [0.15, 0.2) is 18.2 Å². The molecule has 0 aliphatic heterocycles. The van der Waals surface area contributed by atoms with Crippen LogP contribution in [0.1, 0.15) is 64.5 Å². The van der Waals surface area contributed by atoms with Crippen molar-refractivity contribution in [1.82, 2.24) is 0 Å². The summed E-state index contributed by atoms with van der Waals surface area (Å²) in [4.78, 5) is 0. The van der Waals surface area contributed by atoms with Gasteiger partial charge in [0.1, 0.15) is 0 Å². The molecule has 0 radical (unpaired) electrons. The van der Waals surface area contributed by atoms with Gasteiger partial charge in [-0.15, -0.1) is 0 Å². The fourth-order valence-electron chi connectivity index (χ4n) is 2.32. The predicted octanol–water partition coefficient (Wildman–Crippen LogP) is 4.93. The molecule has 0 amide bonds. The third kappa shape index (κ3) is 3.24. The van der Waals surface area contributed by atoms with Gasteiger partial charge in [-0.05, 0) is 41.4 Å². The smallest absolute Gasteiger partial charge is 0.0373 e. The van der Waals surface area contributed by atoms with E-state index in [4.69, 9.17) is 0 Å². The van der Waals surface area contributed by atoms with Gasteiger partial charge in [-0.2, -0.15) is 0 Å². The number of hydrogen-bond donors (Lipinski definition) is 1. The molecule has 1 aromatic rings. The minimum Gasteiger partial charge on any atom is -0.388 e. The Bertz CT molecular complexity index is 356. The Hall–Kier alpha value is -0.980. The number of rotatable bonds is 4. The molecule has 0 aromatic heterocycles. The molecule has 0 saturated carbocycles. The molecule has 0 spiro atoms. The highest BCUT2D eigenvalue weighted by Gasteiger charge is 2.18. The fraction of sp³-hybridized carbons (Fsp3) is 0.625. The molecule has 17 heavy (non-hydrogen) atoms. The van der Waals surface area contributed by atoms with Gasteiger partial charge in [0.2, 0.25) is 0 Å². The summed E-state index contributed by atoms with van der Waals surface area (Å²) in [6.45, 7) is 11.4. The summed E-state index contributed by atoms with van der Waals surface area (Å²) < 4.78 is 0. The van der Waals surface area contributed by atoms with Crippen molar-refractivity contribution in [2.45, 2.75) is 58.8 Å². The molecule has 1 aromatic carbocycles. The van der Waals surface area contributed by atoms with E-state index < -0.39 is 0 Å². The maximum absolute atomic E-state index is 3.32. The zero-order valence-corrected chi connectivity index (χ0v) is 12.2. The molecule has 1 rings (SSSR count). The molecule has 0 bridgehead atoms. The van der Waals surface area contributed by atoms with Gasteiger partial charge >= 0.3 is 0 Å². The predicted molar refractivity (Wildman–Crippen MR) is 78.0 cm³/mol. The number of anilines is 1. The fourth-order valence-corrected chi connectivity index (χ4v) is 2.32. The van der Waals surface area contributed by atoms with Crippen LogP contribution in [0.3, 0.4) is 0 Å². The summed E-state index contributed by atoms with van der Waals surface area (Å²) in [5.74, 6) is 0.666. The van der Waals surface area contributed by atoms with Crippen LogP contribution in [0.4, 0.5) is 5.69 Å². The molecule has 0 fully saturated rings. The third-order valence-corrected chi connectivity index (χ3v) is 3.61. The van der Waals surface area contributed by atoms with Gasteiger partial charge in [-0.3, -0.25) is 0 Å². The average molecular weight is 233 g/mol. The van der Waals surface area contributed by atoms with E-state index in [9.17, 15) is 0 Å². The van der Waals surface area contributed by atoms with E-state index in [-0.39, 0.29) is 5.41 Å². The molecule has 0 heterocycles. The second kappa shape index (κ2) is 5.57. The summed E-state index contributed by atoms with van der Waals surface area (Å²) >= 11 is 0. The van der Waals surface area contributed by atoms with Crippen molar-refractivity contribution in [2.24, 2.45) is 0 Å². The van der Waals surface area contributed by atoms with E-state index in [2.05, 4.69) is 58.1 Å². The molecule has 0 aliphatic carbocycles. The minimum absolute atomic E-state index is 0.229. The van der Waals surface area contributed by atoms with Gasteiger partial charge in [-0.1, -0.05) is 46.8 Å². The SMILES string of the molecule is CCC(CC)c1cc(C(C)(C)C)ccc1NC. The lowest BCUT2D eigenvalue weighted by Gasteiger charge is -2.24. The van der Waals surface area contributed by atoms with Crippen LogP contribution < -0.4 is 5.32 Å². The summed E-state index contributed by atoms with van der Waals surface area (Å²) in [5, 5.41) is 3.32. The van der Waals surface area contributed by atoms with Crippen LogP contribution in [0.5, 0.6) is 0 Å². The lowest BCUT2D eigenvalue weighted by atomic mass is 9.83. The van der Waals surface area contributed by atoms with Crippen molar-refractivity contribution in [3.05, 3.63) is 29.3 Å². The van der Waals surface area contributed by atoms with E-state index in [1.807, 2.05) is 7.05 Å². The molecule has 0 unspecified atom stereocenters. The number of hydrogen-bond acceptors (Lipinski definition) is 1. The highest BCUT2D eigenvalue weighted by molar-refractivity contribution is 5.54. The Morgan fingerprint density at radius 3 is 2.12 bits per heavy atom. The third-order valence-electron chi connectivity index (χ3n) is 3.61. The Kier molecular flexibility index (Phi) is 4.62. The van der Waals surface area contributed by atoms with Gasteiger partial charge in [0, 0.05) is 12.7 Å². The van der Waals surface area contributed by atoms with Gasteiger partial charge < -0.3 is 5.32 Å². The first kappa shape index (κ1) is 14.1. The van der Waals surface area contributed by atoms with Crippen molar-refractivity contribution in [2.75, 3.05) is 12.4 Å². The van der Waals surface area contributed by atoms with Crippen molar-refractivity contribution >= 4 is 5.69 Å². The topological polar surface area (TPSA) is 12.0 Å². The average Bonchev–Trinajstić information content (AvgIpc) is 2.29. The first-order chi connectivity index (χ1) is 7.93. The molecule has 0 aliphatic rings. The van der Waals surface area contributed by atoms with Crippen LogP contribution in [0.2, 0.25) is 0 Å². The second-order valence-corrected chi connectivity index (χ2v) is 5.82. The van der Waals surface area contributed by atoms with Gasteiger partial charge in [0.15, 0.2) is 0 Å². The van der Waals surface area contributed by atoms with Crippen molar-refractivity contribution < 1.29 is 0 Å². The first-order valence-electron chi connectivity index (χ1n) is 6.76. The molecule has 0 atom stereocenters. The van der Waals surface area contributed by atoms with Crippen molar-refractivity contribution in [3.63, 3.8) is 0 Å².